The predicted octanol–water partition coefficient (Wildman–Crippen LogP) is 2.45. The van der Waals surface area contributed by atoms with Crippen LogP contribution in [0, 0.1) is 6.92 Å². The second kappa shape index (κ2) is 6.30. The summed E-state index contributed by atoms with van der Waals surface area (Å²) in [7, 11) is 1.70. The lowest BCUT2D eigenvalue weighted by molar-refractivity contribution is 0.211. The molecule has 0 bridgehead atoms. The van der Waals surface area contributed by atoms with E-state index < -0.39 is 0 Å². The van der Waals surface area contributed by atoms with Crippen molar-refractivity contribution in [2.75, 3.05) is 32.2 Å². The highest BCUT2D eigenvalue weighted by molar-refractivity contribution is 5.50. The molecule has 3 heteroatoms. The number of anilines is 1. The van der Waals surface area contributed by atoms with Crippen molar-refractivity contribution in [3.63, 3.8) is 0 Å². The van der Waals surface area contributed by atoms with Crippen LogP contribution in [-0.2, 0) is 4.74 Å². The topological polar surface area (TPSA) is 30.5 Å². The smallest absolute Gasteiger partial charge is 0.122 e. The summed E-state index contributed by atoms with van der Waals surface area (Å²) in [6.45, 7) is 6.28. The molecule has 1 rings (SSSR count). The molecule has 1 N–H and O–H groups in total. The molecule has 1 aromatic rings. The van der Waals surface area contributed by atoms with Gasteiger partial charge in [0.15, 0.2) is 0 Å². The number of rotatable bonds is 6. The molecule has 1 aromatic carbocycles. The maximum atomic E-state index is 5.46. The molecule has 0 heterocycles. The highest BCUT2D eigenvalue weighted by atomic mass is 16.5. The molecule has 3 nitrogen and oxygen atoms in total. The minimum Gasteiger partial charge on any atom is -0.494 e. The van der Waals surface area contributed by atoms with Crippen molar-refractivity contribution in [2.24, 2.45) is 0 Å². The van der Waals surface area contributed by atoms with E-state index in [1.165, 1.54) is 0 Å². The van der Waals surface area contributed by atoms with Gasteiger partial charge in [0.05, 0.1) is 13.2 Å². The first-order chi connectivity index (χ1) is 7.27. The molecule has 0 atom stereocenters. The Morgan fingerprint density at radius 1 is 1.33 bits per heavy atom. The molecule has 0 aliphatic rings. The van der Waals surface area contributed by atoms with E-state index in [9.17, 15) is 0 Å². The zero-order chi connectivity index (χ0) is 11.1. The Morgan fingerprint density at radius 2 is 2.13 bits per heavy atom. The Bertz CT molecular complexity index is 300. The van der Waals surface area contributed by atoms with E-state index >= 15 is 0 Å². The largest absolute Gasteiger partial charge is 0.494 e. The first-order valence-corrected chi connectivity index (χ1v) is 5.24. The van der Waals surface area contributed by atoms with Gasteiger partial charge in [-0.3, -0.25) is 0 Å². The molecule has 0 radical (unpaired) electrons. The minimum atomic E-state index is 0.706. The van der Waals surface area contributed by atoms with Gasteiger partial charge in [-0.2, -0.15) is 0 Å². The Morgan fingerprint density at radius 3 is 2.73 bits per heavy atom. The third-order valence-corrected chi connectivity index (χ3v) is 2.11. The fourth-order valence-corrected chi connectivity index (χ4v) is 1.37. The quantitative estimate of drug-likeness (QED) is 0.730. The highest BCUT2D eigenvalue weighted by Crippen LogP contribution is 2.21. The Hall–Kier alpha value is -1.22. The van der Waals surface area contributed by atoms with Gasteiger partial charge < -0.3 is 14.8 Å². The average Bonchev–Trinajstić information content (AvgIpc) is 2.23. The summed E-state index contributed by atoms with van der Waals surface area (Å²) in [5, 5.41) is 3.28. The van der Waals surface area contributed by atoms with Crippen LogP contribution >= 0.6 is 0 Å². The van der Waals surface area contributed by atoms with Crippen molar-refractivity contribution >= 4 is 5.69 Å². The van der Waals surface area contributed by atoms with Crippen LogP contribution in [0.3, 0.4) is 0 Å². The van der Waals surface area contributed by atoms with E-state index in [2.05, 4.69) is 11.4 Å². The number of hydrogen-bond acceptors (Lipinski definition) is 3. The van der Waals surface area contributed by atoms with Gasteiger partial charge in [0.25, 0.3) is 0 Å². The summed E-state index contributed by atoms with van der Waals surface area (Å²) in [5.74, 6) is 0.954. The fraction of sp³-hybridized carbons (Fsp3) is 0.500. The van der Waals surface area contributed by atoms with Crippen LogP contribution in [-0.4, -0.2) is 26.9 Å². The van der Waals surface area contributed by atoms with Crippen LogP contribution in [0.25, 0.3) is 0 Å². The van der Waals surface area contributed by atoms with E-state index in [4.69, 9.17) is 9.47 Å². The van der Waals surface area contributed by atoms with Crippen LogP contribution in [0.4, 0.5) is 5.69 Å². The average molecular weight is 209 g/mol. The van der Waals surface area contributed by atoms with Gasteiger partial charge in [-0.15, -0.1) is 0 Å². The third-order valence-electron chi connectivity index (χ3n) is 2.11. The zero-order valence-corrected chi connectivity index (χ0v) is 9.67. The lowest BCUT2D eigenvalue weighted by Crippen LogP contribution is -2.07. The number of nitrogens with one attached hydrogen (secondary N) is 1. The lowest BCUT2D eigenvalue weighted by Gasteiger charge is -2.10. The van der Waals surface area contributed by atoms with Crippen LogP contribution in [0.1, 0.15) is 12.5 Å². The van der Waals surface area contributed by atoms with Gasteiger partial charge >= 0.3 is 0 Å². The van der Waals surface area contributed by atoms with Gasteiger partial charge in [0, 0.05) is 19.3 Å². The summed E-state index contributed by atoms with van der Waals surface area (Å²) >= 11 is 0. The second-order valence-corrected chi connectivity index (χ2v) is 3.33. The summed E-state index contributed by atoms with van der Waals surface area (Å²) in [5.41, 5.74) is 2.26. The predicted molar refractivity (Wildman–Crippen MR) is 62.7 cm³/mol. The molecule has 0 amide bonds. The van der Waals surface area contributed by atoms with Gasteiger partial charge in [-0.25, -0.2) is 0 Å². The maximum absolute atomic E-state index is 5.46. The van der Waals surface area contributed by atoms with Gasteiger partial charge in [-0.05, 0) is 37.6 Å². The van der Waals surface area contributed by atoms with Gasteiger partial charge in [0.1, 0.15) is 5.75 Å². The van der Waals surface area contributed by atoms with Crippen molar-refractivity contribution in [3.05, 3.63) is 23.8 Å². The van der Waals surface area contributed by atoms with E-state index in [1.807, 2.05) is 26.0 Å². The van der Waals surface area contributed by atoms with E-state index in [1.54, 1.807) is 7.11 Å². The number of aryl methyl sites for hydroxylation is 1. The van der Waals surface area contributed by atoms with Crippen LogP contribution in [0.15, 0.2) is 18.2 Å². The highest BCUT2D eigenvalue weighted by Gasteiger charge is 1.99. The number of methoxy groups -OCH3 is 1. The summed E-state index contributed by atoms with van der Waals surface area (Å²) in [4.78, 5) is 0. The molecule has 84 valence electrons. The maximum Gasteiger partial charge on any atom is 0.122 e. The number of benzene rings is 1. The first kappa shape index (κ1) is 11.9. The molecular weight excluding hydrogens is 190 g/mol. The Balaban J connectivity index is 2.56. The fourth-order valence-electron chi connectivity index (χ4n) is 1.37. The van der Waals surface area contributed by atoms with Crippen molar-refractivity contribution < 1.29 is 9.47 Å². The van der Waals surface area contributed by atoms with Crippen molar-refractivity contribution in [2.45, 2.75) is 13.8 Å². The minimum absolute atomic E-state index is 0.706. The monoisotopic (exact) mass is 209 g/mol. The number of ether oxygens (including phenoxy) is 2. The summed E-state index contributed by atoms with van der Waals surface area (Å²) in [6.07, 6.45) is 0. The van der Waals surface area contributed by atoms with Gasteiger partial charge in [0.2, 0.25) is 0 Å². The molecule has 0 aliphatic carbocycles. The number of hydrogen-bond donors (Lipinski definition) is 1. The molecule has 0 spiro atoms. The van der Waals surface area contributed by atoms with Crippen molar-refractivity contribution in [1.82, 2.24) is 0 Å². The summed E-state index contributed by atoms with van der Waals surface area (Å²) < 4.78 is 10.4. The summed E-state index contributed by atoms with van der Waals surface area (Å²) in [6, 6.07) is 6.10. The van der Waals surface area contributed by atoms with E-state index in [-0.39, 0.29) is 0 Å². The van der Waals surface area contributed by atoms with Crippen molar-refractivity contribution in [1.29, 1.82) is 0 Å². The van der Waals surface area contributed by atoms with E-state index in [0.717, 1.165) is 23.5 Å². The molecule has 0 saturated carbocycles. The molecule has 0 unspecified atom stereocenters. The van der Waals surface area contributed by atoms with E-state index in [0.29, 0.717) is 13.2 Å². The van der Waals surface area contributed by atoms with Gasteiger partial charge in [-0.1, -0.05) is 0 Å². The SMILES string of the molecule is CCOc1ccc(NCCOC)cc1C. The van der Waals surface area contributed by atoms with Crippen molar-refractivity contribution in [3.8, 4) is 5.75 Å². The molecule has 0 aliphatic heterocycles. The normalized spacial score (nSPS) is 10.1. The molecular formula is C12H19NO2. The Labute approximate surface area is 91.4 Å². The third kappa shape index (κ3) is 3.80. The first-order valence-electron chi connectivity index (χ1n) is 5.24. The standard InChI is InChI=1S/C12H19NO2/c1-4-15-12-6-5-11(9-10(12)2)13-7-8-14-3/h5-6,9,13H,4,7-8H2,1-3H3. The van der Waals surface area contributed by atoms with Crippen LogP contribution < -0.4 is 10.1 Å². The van der Waals surface area contributed by atoms with Crippen LogP contribution in [0.2, 0.25) is 0 Å². The zero-order valence-electron chi connectivity index (χ0n) is 9.67. The molecule has 0 fully saturated rings. The Kier molecular flexibility index (Phi) is 4.98. The molecule has 0 saturated heterocycles. The second-order valence-electron chi connectivity index (χ2n) is 3.33. The molecule has 15 heavy (non-hydrogen) atoms. The lowest BCUT2D eigenvalue weighted by atomic mass is 10.2. The van der Waals surface area contributed by atoms with Crippen LogP contribution in [0.5, 0.6) is 5.75 Å². The molecule has 0 aromatic heterocycles.